The van der Waals surface area contributed by atoms with Crippen LogP contribution in [0.25, 0.3) is 10.4 Å². The van der Waals surface area contributed by atoms with Gasteiger partial charge in [-0.3, -0.25) is 4.79 Å². The van der Waals surface area contributed by atoms with Crippen molar-refractivity contribution >= 4 is 27.3 Å². The average molecular weight is 419 g/mol. The van der Waals surface area contributed by atoms with Gasteiger partial charge in [-0.15, -0.1) is 11.3 Å². The van der Waals surface area contributed by atoms with Gasteiger partial charge in [-0.25, -0.2) is 8.42 Å². The number of hydrogen-bond donors (Lipinski definition) is 1. The van der Waals surface area contributed by atoms with Gasteiger partial charge in [0.25, 0.3) is 10.0 Å². The summed E-state index contributed by atoms with van der Waals surface area (Å²) in [5.74, 6) is -0.296. The molecule has 28 heavy (non-hydrogen) atoms. The molecule has 0 aliphatic carbocycles. The molecule has 1 N–H and O–H groups in total. The minimum Gasteiger partial charge on any atom is -0.348 e. The molecule has 2 heterocycles. The SMILES string of the molecule is C=CC(=O)NC1CC(C)(C)N(S(=O)(=O)c2ccc(-c3ccccc3)s2)C1(C)C. The van der Waals surface area contributed by atoms with E-state index in [1.54, 1.807) is 10.4 Å². The molecule has 0 radical (unpaired) electrons. The number of sulfonamides is 1. The van der Waals surface area contributed by atoms with Gasteiger partial charge in [-0.2, -0.15) is 4.31 Å². The second-order valence-corrected chi connectivity index (χ2v) is 11.3. The molecule has 1 atom stereocenters. The van der Waals surface area contributed by atoms with E-state index in [1.807, 2.05) is 64.1 Å². The van der Waals surface area contributed by atoms with Crippen LogP contribution in [0.2, 0.25) is 0 Å². The second-order valence-electron chi connectivity index (χ2n) is 8.19. The molecule has 1 saturated heterocycles. The first-order chi connectivity index (χ1) is 13.0. The van der Waals surface area contributed by atoms with E-state index in [2.05, 4.69) is 11.9 Å². The third-order valence-corrected chi connectivity index (χ3v) is 9.17. The Hall–Kier alpha value is -1.96. The Labute approximate surface area is 171 Å². The summed E-state index contributed by atoms with van der Waals surface area (Å²) in [6.45, 7) is 11.0. The first-order valence-electron chi connectivity index (χ1n) is 9.14. The normalized spacial score (nSPS) is 21.4. The van der Waals surface area contributed by atoms with Crippen molar-refractivity contribution in [3.05, 3.63) is 55.1 Å². The fourth-order valence-corrected chi connectivity index (χ4v) is 7.70. The molecule has 5 nitrogen and oxygen atoms in total. The van der Waals surface area contributed by atoms with E-state index in [-0.39, 0.29) is 11.9 Å². The lowest BCUT2D eigenvalue weighted by Gasteiger charge is -2.39. The summed E-state index contributed by atoms with van der Waals surface area (Å²) in [5.41, 5.74) is -0.430. The largest absolute Gasteiger partial charge is 0.348 e. The number of thiophene rings is 1. The van der Waals surface area contributed by atoms with Gasteiger partial charge in [-0.05, 0) is 57.9 Å². The number of nitrogens with one attached hydrogen (secondary N) is 1. The zero-order chi connectivity index (χ0) is 20.7. The molecule has 1 aromatic carbocycles. The number of carbonyl (C=O) groups excluding carboxylic acids is 1. The predicted octanol–water partition coefficient (Wildman–Crippen LogP) is 4.04. The van der Waals surface area contributed by atoms with E-state index >= 15 is 0 Å². The molecule has 1 aliphatic heterocycles. The topological polar surface area (TPSA) is 66.5 Å². The maximum absolute atomic E-state index is 13.6. The number of benzene rings is 1. The summed E-state index contributed by atoms with van der Waals surface area (Å²) in [4.78, 5) is 12.8. The fourth-order valence-electron chi connectivity index (χ4n) is 4.15. The molecule has 1 unspecified atom stereocenters. The van der Waals surface area contributed by atoms with Crippen LogP contribution in [0.15, 0.2) is 59.3 Å². The number of hydrogen-bond acceptors (Lipinski definition) is 4. The molecule has 0 spiro atoms. The monoisotopic (exact) mass is 418 g/mol. The zero-order valence-electron chi connectivity index (χ0n) is 16.6. The molecular weight excluding hydrogens is 392 g/mol. The molecule has 1 aliphatic rings. The van der Waals surface area contributed by atoms with Crippen LogP contribution in [-0.4, -0.2) is 35.7 Å². The number of carbonyl (C=O) groups is 1. The van der Waals surface area contributed by atoms with Gasteiger partial charge >= 0.3 is 0 Å². The summed E-state index contributed by atoms with van der Waals surface area (Å²) < 4.78 is 29.1. The Morgan fingerprint density at radius 2 is 1.82 bits per heavy atom. The summed E-state index contributed by atoms with van der Waals surface area (Å²) in [6.07, 6.45) is 1.74. The summed E-state index contributed by atoms with van der Waals surface area (Å²) in [7, 11) is -3.74. The second kappa shape index (κ2) is 7.13. The van der Waals surface area contributed by atoms with E-state index in [4.69, 9.17) is 0 Å². The Morgan fingerprint density at radius 1 is 1.18 bits per heavy atom. The van der Waals surface area contributed by atoms with Crippen molar-refractivity contribution in [1.82, 2.24) is 9.62 Å². The van der Waals surface area contributed by atoms with E-state index in [0.717, 1.165) is 10.4 Å². The van der Waals surface area contributed by atoms with Crippen LogP contribution in [0, 0.1) is 0 Å². The van der Waals surface area contributed by atoms with Gasteiger partial charge in [-0.1, -0.05) is 36.9 Å². The smallest absolute Gasteiger partial charge is 0.253 e. The Morgan fingerprint density at radius 3 is 2.43 bits per heavy atom. The van der Waals surface area contributed by atoms with Crippen molar-refractivity contribution in [3.63, 3.8) is 0 Å². The van der Waals surface area contributed by atoms with Gasteiger partial charge in [0.15, 0.2) is 0 Å². The van der Waals surface area contributed by atoms with Crippen molar-refractivity contribution in [1.29, 1.82) is 0 Å². The number of amides is 1. The lowest BCUT2D eigenvalue weighted by Crippen LogP contribution is -2.56. The van der Waals surface area contributed by atoms with Crippen molar-refractivity contribution in [2.45, 2.75) is 55.4 Å². The highest BCUT2D eigenvalue weighted by Gasteiger charge is 2.57. The molecule has 150 valence electrons. The summed E-state index contributed by atoms with van der Waals surface area (Å²) in [6, 6.07) is 12.9. The van der Waals surface area contributed by atoms with Crippen LogP contribution < -0.4 is 5.32 Å². The Kier molecular flexibility index (Phi) is 5.29. The minimum atomic E-state index is -3.74. The number of rotatable bonds is 5. The predicted molar refractivity (Wildman–Crippen MR) is 114 cm³/mol. The van der Waals surface area contributed by atoms with Crippen molar-refractivity contribution in [3.8, 4) is 10.4 Å². The van der Waals surface area contributed by atoms with Gasteiger partial charge in [0.05, 0.1) is 5.54 Å². The molecule has 1 amide bonds. The van der Waals surface area contributed by atoms with Crippen LogP contribution in [0.5, 0.6) is 0 Å². The molecule has 0 saturated carbocycles. The first-order valence-corrected chi connectivity index (χ1v) is 11.4. The molecule has 3 rings (SSSR count). The highest BCUT2D eigenvalue weighted by Crippen LogP contribution is 2.46. The molecule has 1 aromatic heterocycles. The van der Waals surface area contributed by atoms with Crippen LogP contribution in [0.4, 0.5) is 0 Å². The molecular formula is C21H26N2O3S2. The van der Waals surface area contributed by atoms with Crippen LogP contribution >= 0.6 is 11.3 Å². The first kappa shape index (κ1) is 20.8. The van der Waals surface area contributed by atoms with Gasteiger partial charge in [0.2, 0.25) is 5.91 Å². The maximum Gasteiger partial charge on any atom is 0.253 e. The van der Waals surface area contributed by atoms with Gasteiger partial charge < -0.3 is 5.32 Å². The van der Waals surface area contributed by atoms with Crippen molar-refractivity contribution in [2.75, 3.05) is 0 Å². The number of nitrogens with zero attached hydrogens (tertiary/aromatic N) is 1. The standard InChI is InChI=1S/C21H26N2O3S2/c1-6-18(24)22-17-14-20(2,3)23(21(17,4)5)28(25,26)19-13-12-16(27-19)15-10-8-7-9-11-15/h6-13,17H,1,14H2,2-5H3,(H,22,24). The quantitative estimate of drug-likeness (QED) is 0.746. The Bertz CT molecular complexity index is 992. The minimum absolute atomic E-state index is 0.296. The van der Waals surface area contributed by atoms with Gasteiger partial charge in [0, 0.05) is 16.5 Å². The molecule has 2 aromatic rings. The van der Waals surface area contributed by atoms with E-state index in [1.165, 1.54) is 17.4 Å². The van der Waals surface area contributed by atoms with E-state index in [0.29, 0.717) is 10.6 Å². The lowest BCUT2D eigenvalue weighted by molar-refractivity contribution is -0.117. The molecule has 1 fully saturated rings. The van der Waals surface area contributed by atoms with Crippen molar-refractivity contribution in [2.24, 2.45) is 0 Å². The Balaban J connectivity index is 2.00. The zero-order valence-corrected chi connectivity index (χ0v) is 18.2. The lowest BCUT2D eigenvalue weighted by atomic mass is 9.94. The van der Waals surface area contributed by atoms with Crippen molar-refractivity contribution < 1.29 is 13.2 Å². The van der Waals surface area contributed by atoms with Crippen LogP contribution in [-0.2, 0) is 14.8 Å². The summed E-state index contributed by atoms with van der Waals surface area (Å²) in [5, 5.41) is 2.90. The average Bonchev–Trinajstić information content (AvgIpc) is 3.17. The van der Waals surface area contributed by atoms with E-state index in [9.17, 15) is 13.2 Å². The summed E-state index contributed by atoms with van der Waals surface area (Å²) >= 11 is 1.27. The fraction of sp³-hybridized carbons (Fsp3) is 0.381. The maximum atomic E-state index is 13.6. The third kappa shape index (κ3) is 3.54. The highest BCUT2D eigenvalue weighted by atomic mass is 32.2. The molecule has 7 heteroatoms. The highest BCUT2D eigenvalue weighted by molar-refractivity contribution is 7.91. The van der Waals surface area contributed by atoms with E-state index < -0.39 is 21.1 Å². The van der Waals surface area contributed by atoms with Crippen LogP contribution in [0.3, 0.4) is 0 Å². The third-order valence-electron chi connectivity index (χ3n) is 5.27. The van der Waals surface area contributed by atoms with Gasteiger partial charge in [0.1, 0.15) is 4.21 Å². The molecule has 0 bridgehead atoms. The van der Waals surface area contributed by atoms with Crippen LogP contribution in [0.1, 0.15) is 34.1 Å².